The van der Waals surface area contributed by atoms with E-state index in [4.69, 9.17) is 0 Å². The lowest BCUT2D eigenvalue weighted by Crippen LogP contribution is -1.92. The van der Waals surface area contributed by atoms with E-state index in [9.17, 15) is 0 Å². The van der Waals surface area contributed by atoms with Gasteiger partial charge in [-0.1, -0.05) is 159 Å². The zero-order chi connectivity index (χ0) is 39.9. The second-order valence-electron chi connectivity index (χ2n) is 16.0. The van der Waals surface area contributed by atoms with E-state index >= 15 is 0 Å². The van der Waals surface area contributed by atoms with Crippen LogP contribution in [0.2, 0.25) is 0 Å². The van der Waals surface area contributed by atoms with Gasteiger partial charge in [-0.15, -0.1) is 22.7 Å². The first-order chi connectivity index (χ1) is 29.7. The number of aryl methyl sites for hydroxylation is 2. The minimum atomic E-state index is 1.01. The Kier molecular flexibility index (Phi) is 8.27. The summed E-state index contributed by atoms with van der Waals surface area (Å²) in [6.45, 7) is 4.55. The smallest absolute Gasteiger partial charge is 0.0368 e. The third-order valence-electron chi connectivity index (χ3n) is 12.9. The van der Waals surface area contributed by atoms with Crippen LogP contribution in [0.1, 0.15) is 25.0 Å². The fourth-order valence-electron chi connectivity index (χ4n) is 10.1. The van der Waals surface area contributed by atoms with Crippen molar-refractivity contribution in [3.63, 3.8) is 0 Å². The molecule has 0 N–H and O–H groups in total. The van der Waals surface area contributed by atoms with Gasteiger partial charge in [0, 0.05) is 40.3 Å². The second kappa shape index (κ2) is 14.0. The van der Waals surface area contributed by atoms with E-state index in [1.54, 1.807) is 0 Å². The van der Waals surface area contributed by atoms with Gasteiger partial charge in [-0.25, -0.2) is 0 Å². The first kappa shape index (κ1) is 35.4. The summed E-state index contributed by atoms with van der Waals surface area (Å²) in [6, 6.07) is 68.6. The van der Waals surface area contributed by atoms with Crippen LogP contribution in [0.4, 0.5) is 0 Å². The summed E-state index contributed by atoms with van der Waals surface area (Å²) in [5.41, 5.74) is 13.2. The Balaban J connectivity index is 1.02. The Morgan fingerprint density at radius 2 is 0.833 bits per heavy atom. The molecule has 2 heterocycles. The molecule has 0 nitrogen and oxygen atoms in total. The monoisotopic (exact) mass is 800 g/mol. The molecule has 10 aromatic carbocycles. The Morgan fingerprint density at radius 1 is 0.300 bits per heavy atom. The predicted molar refractivity (Wildman–Crippen MR) is 265 cm³/mol. The van der Waals surface area contributed by atoms with Crippen LogP contribution in [0.3, 0.4) is 0 Å². The maximum Gasteiger partial charge on any atom is 0.0368 e. The average molecular weight is 801 g/mol. The van der Waals surface area contributed by atoms with Crippen molar-refractivity contribution < 1.29 is 0 Å². The number of hydrogen-bond donors (Lipinski definition) is 0. The van der Waals surface area contributed by atoms with Gasteiger partial charge >= 0.3 is 0 Å². The molecule has 0 saturated heterocycles. The molecule has 0 fully saturated rings. The molecule has 0 aliphatic carbocycles. The van der Waals surface area contributed by atoms with Crippen molar-refractivity contribution in [1.29, 1.82) is 0 Å². The topological polar surface area (TPSA) is 0 Å². The lowest BCUT2D eigenvalue weighted by atomic mass is 9.85. The minimum Gasteiger partial charge on any atom is -0.135 e. The lowest BCUT2D eigenvalue weighted by Gasteiger charge is -2.18. The predicted octanol–water partition coefficient (Wildman–Crippen LogP) is 17.7. The van der Waals surface area contributed by atoms with Crippen LogP contribution in [0.25, 0.3) is 117 Å². The fourth-order valence-corrected chi connectivity index (χ4v) is 12.3. The van der Waals surface area contributed by atoms with Gasteiger partial charge in [0.05, 0.1) is 0 Å². The molecule has 0 radical (unpaired) electrons. The van der Waals surface area contributed by atoms with Crippen LogP contribution >= 0.6 is 22.7 Å². The normalized spacial score (nSPS) is 12.0. The maximum absolute atomic E-state index is 2.49. The molecule has 0 bridgehead atoms. The van der Waals surface area contributed by atoms with Crippen LogP contribution < -0.4 is 0 Å². The van der Waals surface area contributed by atoms with E-state index in [2.05, 4.69) is 196 Å². The number of benzene rings is 10. The van der Waals surface area contributed by atoms with Crippen molar-refractivity contribution in [2.24, 2.45) is 0 Å². The maximum atomic E-state index is 2.49. The summed E-state index contributed by atoms with van der Waals surface area (Å²) in [5, 5.41) is 13.1. The molecule has 0 saturated carbocycles. The van der Waals surface area contributed by atoms with Crippen molar-refractivity contribution in [3.05, 3.63) is 193 Å². The van der Waals surface area contributed by atoms with Gasteiger partial charge in [0.25, 0.3) is 0 Å². The van der Waals surface area contributed by atoms with E-state index in [-0.39, 0.29) is 0 Å². The lowest BCUT2D eigenvalue weighted by molar-refractivity contribution is 1.12. The molecular formula is C58H40S2. The van der Waals surface area contributed by atoms with E-state index in [0.29, 0.717) is 0 Å². The van der Waals surface area contributed by atoms with E-state index < -0.39 is 0 Å². The Labute approximate surface area is 357 Å². The highest BCUT2D eigenvalue weighted by Gasteiger charge is 2.20. The molecule has 0 aliphatic rings. The van der Waals surface area contributed by atoms with E-state index in [1.807, 2.05) is 22.7 Å². The SMILES string of the molecule is CCc1ccccc1-c1cc2c(cc1CC)sc1cc(-c3ccc(-c4c5ccccc5c(-c5ccc6sc7ccccc7c6c5)c5ccccc45)cc3)c3ccccc3c12. The number of thiophene rings is 2. The molecule has 12 aromatic rings. The molecule has 12 rings (SSSR count). The van der Waals surface area contributed by atoms with Crippen molar-refractivity contribution in [2.75, 3.05) is 0 Å². The van der Waals surface area contributed by atoms with Crippen molar-refractivity contribution in [3.8, 4) is 44.5 Å². The molecule has 284 valence electrons. The third-order valence-corrected chi connectivity index (χ3v) is 15.1. The first-order valence-electron chi connectivity index (χ1n) is 21.1. The molecule has 0 atom stereocenters. The highest BCUT2D eigenvalue weighted by Crippen LogP contribution is 2.48. The molecule has 0 aliphatic heterocycles. The number of hydrogen-bond acceptors (Lipinski definition) is 2. The quantitative estimate of drug-likeness (QED) is 0.147. The zero-order valence-corrected chi connectivity index (χ0v) is 35.2. The van der Waals surface area contributed by atoms with Gasteiger partial charge in [-0.3, -0.25) is 0 Å². The highest BCUT2D eigenvalue weighted by molar-refractivity contribution is 7.26. The molecule has 0 amide bonds. The fraction of sp³-hybridized carbons (Fsp3) is 0.0690. The Hall–Kier alpha value is -6.58. The minimum absolute atomic E-state index is 1.01. The van der Waals surface area contributed by atoms with Crippen LogP contribution in [-0.4, -0.2) is 0 Å². The van der Waals surface area contributed by atoms with Gasteiger partial charge in [0.1, 0.15) is 0 Å². The van der Waals surface area contributed by atoms with Gasteiger partial charge < -0.3 is 0 Å². The van der Waals surface area contributed by atoms with Crippen molar-refractivity contribution >= 4 is 95.3 Å². The van der Waals surface area contributed by atoms with Crippen molar-refractivity contribution in [2.45, 2.75) is 26.7 Å². The molecule has 0 spiro atoms. The highest BCUT2D eigenvalue weighted by atomic mass is 32.1. The molecule has 2 aromatic heterocycles. The standard InChI is InChI=1S/C58H40S2/c1-3-35-15-5-6-16-40(35)48-33-51-54(32-36(48)4-2)60-55-34-49(41-17-7-8-19-43(41)58(51)55)37-25-27-38(28-26-37)56-44-20-9-11-22-46(44)57(47-23-12-10-21-45(47)56)39-29-30-53-50(31-39)42-18-13-14-24-52(42)59-53/h5-34H,3-4H2,1-2H3. The summed E-state index contributed by atoms with van der Waals surface area (Å²) in [6.07, 6.45) is 2.03. The van der Waals surface area contributed by atoms with Crippen LogP contribution in [-0.2, 0) is 12.8 Å². The summed E-state index contributed by atoms with van der Waals surface area (Å²) in [5.74, 6) is 0. The van der Waals surface area contributed by atoms with Crippen LogP contribution in [0.15, 0.2) is 182 Å². The summed E-state index contributed by atoms with van der Waals surface area (Å²) in [4.78, 5) is 0. The van der Waals surface area contributed by atoms with Crippen LogP contribution in [0, 0.1) is 0 Å². The van der Waals surface area contributed by atoms with Crippen molar-refractivity contribution in [1.82, 2.24) is 0 Å². The Morgan fingerprint density at radius 3 is 1.53 bits per heavy atom. The third kappa shape index (κ3) is 5.41. The number of fused-ring (bicyclic) bond motifs is 10. The van der Waals surface area contributed by atoms with E-state index in [1.165, 1.54) is 128 Å². The second-order valence-corrected chi connectivity index (χ2v) is 18.2. The van der Waals surface area contributed by atoms with Gasteiger partial charge in [-0.2, -0.15) is 0 Å². The molecule has 60 heavy (non-hydrogen) atoms. The molecular weight excluding hydrogens is 761 g/mol. The summed E-state index contributed by atoms with van der Waals surface area (Å²) >= 11 is 3.81. The van der Waals surface area contributed by atoms with Crippen LogP contribution in [0.5, 0.6) is 0 Å². The zero-order valence-electron chi connectivity index (χ0n) is 33.6. The summed E-state index contributed by atoms with van der Waals surface area (Å²) in [7, 11) is 0. The molecule has 0 unspecified atom stereocenters. The average Bonchev–Trinajstić information content (AvgIpc) is 3.87. The Bertz CT molecular complexity index is 3620. The summed E-state index contributed by atoms with van der Waals surface area (Å²) < 4.78 is 5.37. The largest absolute Gasteiger partial charge is 0.135 e. The number of rotatable bonds is 6. The van der Waals surface area contributed by atoms with Gasteiger partial charge in [0.2, 0.25) is 0 Å². The van der Waals surface area contributed by atoms with Gasteiger partial charge in [-0.05, 0) is 137 Å². The van der Waals surface area contributed by atoms with Gasteiger partial charge in [0.15, 0.2) is 0 Å². The first-order valence-corrected chi connectivity index (χ1v) is 22.7. The molecule has 2 heteroatoms. The van der Waals surface area contributed by atoms with E-state index in [0.717, 1.165) is 12.8 Å².